The Labute approximate surface area is 412 Å². The van der Waals surface area contributed by atoms with Crippen molar-refractivity contribution in [3.63, 3.8) is 0 Å². The van der Waals surface area contributed by atoms with E-state index >= 15 is 0 Å². The number of rotatable bonds is 13. The van der Waals surface area contributed by atoms with Gasteiger partial charge in [-0.1, -0.05) is 69.2 Å². The molecule has 0 bridgehead atoms. The molecule has 0 aromatic rings. The Balaban J connectivity index is 0.000000407. The molecule has 0 amide bonds. The summed E-state index contributed by atoms with van der Waals surface area (Å²) in [6.45, 7) is 22.7. The van der Waals surface area contributed by atoms with Gasteiger partial charge in [0.2, 0.25) is 0 Å². The molecule has 7 N–H and O–H groups in total. The van der Waals surface area contributed by atoms with Gasteiger partial charge in [0.25, 0.3) is 0 Å². The Bertz CT molecular complexity index is 1520. The Morgan fingerprint density at radius 3 is 1.27 bits per heavy atom. The minimum Gasteiger partial charge on any atom is -0.463 e. The molecule has 70 heavy (non-hydrogen) atoms. The van der Waals surface area contributed by atoms with E-state index in [-0.39, 0.29) is 24.5 Å². The number of ether oxygens (including phenoxy) is 11. The molecule has 0 aromatic carbocycles. The number of esters is 4. The monoisotopic (exact) mass is 1010 g/mol. The van der Waals surface area contributed by atoms with E-state index in [1.807, 2.05) is 41.5 Å². The first-order valence-corrected chi connectivity index (χ1v) is 24.8. The van der Waals surface area contributed by atoms with Crippen molar-refractivity contribution in [3.05, 3.63) is 0 Å². The second-order valence-electron chi connectivity index (χ2n) is 18.6. The third-order valence-corrected chi connectivity index (χ3v) is 13.2. The van der Waals surface area contributed by atoms with Crippen LogP contribution in [0.2, 0.25) is 0 Å². The van der Waals surface area contributed by atoms with Crippen molar-refractivity contribution in [3.8, 4) is 0 Å². The number of carbonyl (C=O) groups is 4. The molecule has 410 valence electrons. The standard InChI is InChI=1S/C24H38O11.C14H26O9.C8H16O2.C2H6/c1-9-18-11(2)20(30-15(6)26)12(3)23(33-18)35-24-13(4)21(31-16(7)27)22(32-17(8)28)19(34-24)10-29-14(5)25;1-5-9(17)11(19)7(3-15)21-13(5)23-14-6(2)10(18)12(20)8(4-16)22-14;1-3-7-5-4-6(2)8(9)10-7;1-2/h11-13,18-24H,9-10H2,1-8H3;5-20H,3-4H2,1-2H3;6-9H,3-5H2,1-2H3;1-2H3/t11-,12?,13?,18?,19?,20+,21?,22-,23-,24-;5?,6?,7?,8?,9-,10?,11-,12-,13-,14-;6?,7?,8-;/m110./s1. The number of hydrogen-bond donors (Lipinski definition) is 7. The molecular weight excluding hydrogens is 929 g/mol. The van der Waals surface area contributed by atoms with Crippen LogP contribution >= 0.6 is 0 Å². The normalized spacial score (nSPS) is 41.6. The summed E-state index contributed by atoms with van der Waals surface area (Å²) in [6.07, 6.45) is -10.5. The molecule has 5 heterocycles. The fourth-order valence-electron chi connectivity index (χ4n) is 8.83. The molecule has 5 saturated heterocycles. The first kappa shape index (κ1) is 63.4. The quantitative estimate of drug-likeness (QED) is 0.102. The third kappa shape index (κ3) is 17.8. The average molecular weight is 1020 g/mol. The fraction of sp³-hybridized carbons (Fsp3) is 0.917. The largest absolute Gasteiger partial charge is 0.463 e. The van der Waals surface area contributed by atoms with E-state index in [0.29, 0.717) is 18.4 Å². The molecular formula is C48H86O22. The van der Waals surface area contributed by atoms with Crippen LogP contribution in [-0.4, -0.2) is 184 Å². The van der Waals surface area contributed by atoms with Gasteiger partial charge in [-0.2, -0.15) is 0 Å². The Hall–Kier alpha value is -2.68. The van der Waals surface area contributed by atoms with Gasteiger partial charge in [0.15, 0.2) is 37.6 Å². The van der Waals surface area contributed by atoms with Gasteiger partial charge in [0.1, 0.15) is 49.3 Å². The fourth-order valence-corrected chi connectivity index (χ4v) is 8.83. The number of aliphatic hydroxyl groups excluding tert-OH is 7. The minimum absolute atomic E-state index is 0.0534. The number of carbonyl (C=O) groups excluding carboxylic acids is 4. The zero-order valence-corrected chi connectivity index (χ0v) is 43.5. The topological polar surface area (TPSA) is 311 Å². The van der Waals surface area contributed by atoms with Crippen LogP contribution in [0.4, 0.5) is 0 Å². The van der Waals surface area contributed by atoms with Gasteiger partial charge in [-0.05, 0) is 25.7 Å². The first-order valence-electron chi connectivity index (χ1n) is 24.8. The van der Waals surface area contributed by atoms with Crippen LogP contribution in [0.1, 0.15) is 123 Å². The van der Waals surface area contributed by atoms with Crippen LogP contribution in [-0.2, 0) is 71.3 Å². The summed E-state index contributed by atoms with van der Waals surface area (Å²) in [5.74, 6) is -4.01. The lowest BCUT2D eigenvalue weighted by Crippen LogP contribution is -2.60. The second kappa shape index (κ2) is 30.5. The SMILES string of the molecule is CC.CC1C(O)[C@H](O)C(CO)O[C@@H]1O[C@H]1OC(CO)[C@@H](O)[C@H](O)C1C.CCC1CCC(C)[C@@H](O)O1.CCC1O[C@H](O[C@H]2OC(COC(C)=O)[C@@H](OC(C)=O)C(OC(C)=O)C2C)C(C)[C@@H](OC(C)=O)[C@@H]1C. The molecule has 5 aliphatic heterocycles. The molecule has 0 saturated carbocycles. The number of hydrogen-bond acceptors (Lipinski definition) is 22. The van der Waals surface area contributed by atoms with Crippen molar-refractivity contribution in [1.29, 1.82) is 0 Å². The Morgan fingerprint density at radius 2 is 0.871 bits per heavy atom. The lowest BCUT2D eigenvalue weighted by molar-refractivity contribution is -0.360. The second-order valence-corrected chi connectivity index (χ2v) is 18.6. The zero-order valence-electron chi connectivity index (χ0n) is 43.5. The molecule has 0 spiro atoms. The van der Waals surface area contributed by atoms with E-state index in [2.05, 4.69) is 6.92 Å². The molecule has 0 aliphatic carbocycles. The van der Waals surface area contributed by atoms with Crippen LogP contribution in [0.3, 0.4) is 0 Å². The van der Waals surface area contributed by atoms with E-state index in [4.69, 9.17) is 52.1 Å². The van der Waals surface area contributed by atoms with Gasteiger partial charge < -0.3 is 87.9 Å². The summed E-state index contributed by atoms with van der Waals surface area (Å²) in [6, 6.07) is 0. The highest BCUT2D eigenvalue weighted by molar-refractivity contribution is 5.68. The highest BCUT2D eigenvalue weighted by Gasteiger charge is 2.52. The summed E-state index contributed by atoms with van der Waals surface area (Å²) in [4.78, 5) is 46.8. The maximum Gasteiger partial charge on any atom is 0.303 e. The molecule has 22 nitrogen and oxygen atoms in total. The maximum atomic E-state index is 11.9. The van der Waals surface area contributed by atoms with E-state index in [1.165, 1.54) is 27.7 Å². The highest BCUT2D eigenvalue weighted by atomic mass is 16.8. The van der Waals surface area contributed by atoms with Crippen molar-refractivity contribution in [2.45, 2.75) is 227 Å². The summed E-state index contributed by atoms with van der Waals surface area (Å²) >= 11 is 0. The summed E-state index contributed by atoms with van der Waals surface area (Å²) in [5.41, 5.74) is 0. The first-order chi connectivity index (χ1) is 32.9. The summed E-state index contributed by atoms with van der Waals surface area (Å²) < 4.78 is 62.0. The molecule has 5 aliphatic rings. The van der Waals surface area contributed by atoms with E-state index in [9.17, 15) is 54.9 Å². The number of aliphatic hydroxyl groups is 7. The zero-order chi connectivity index (χ0) is 53.3. The minimum atomic E-state index is -1.24. The molecule has 5 rings (SSSR count). The molecule has 23 atom stereocenters. The average Bonchev–Trinajstić information content (AvgIpc) is 3.31. The van der Waals surface area contributed by atoms with Crippen molar-refractivity contribution in [1.82, 2.24) is 0 Å². The maximum absolute atomic E-state index is 11.9. The smallest absolute Gasteiger partial charge is 0.303 e. The Morgan fingerprint density at radius 1 is 0.471 bits per heavy atom. The van der Waals surface area contributed by atoms with Crippen molar-refractivity contribution < 1.29 is 107 Å². The molecule has 0 aromatic heterocycles. The van der Waals surface area contributed by atoms with E-state index in [1.54, 1.807) is 20.8 Å². The van der Waals surface area contributed by atoms with Crippen LogP contribution in [0, 0.1) is 35.5 Å². The van der Waals surface area contributed by atoms with E-state index < -0.39 is 147 Å². The van der Waals surface area contributed by atoms with Crippen LogP contribution in [0.5, 0.6) is 0 Å². The molecule has 5 fully saturated rings. The van der Waals surface area contributed by atoms with Gasteiger partial charge in [-0.3, -0.25) is 19.2 Å². The predicted octanol–water partition coefficient (Wildman–Crippen LogP) is 1.84. The van der Waals surface area contributed by atoms with Crippen molar-refractivity contribution >= 4 is 23.9 Å². The summed E-state index contributed by atoms with van der Waals surface area (Å²) in [5, 5.41) is 67.3. The summed E-state index contributed by atoms with van der Waals surface area (Å²) in [7, 11) is 0. The van der Waals surface area contributed by atoms with Crippen LogP contribution in [0.15, 0.2) is 0 Å². The molecule has 12 unspecified atom stereocenters. The van der Waals surface area contributed by atoms with Gasteiger partial charge in [0, 0.05) is 63.2 Å². The van der Waals surface area contributed by atoms with Gasteiger partial charge in [-0.15, -0.1) is 0 Å². The van der Waals surface area contributed by atoms with Crippen LogP contribution < -0.4 is 0 Å². The predicted molar refractivity (Wildman–Crippen MR) is 245 cm³/mol. The van der Waals surface area contributed by atoms with Gasteiger partial charge >= 0.3 is 23.9 Å². The molecule has 0 radical (unpaired) electrons. The van der Waals surface area contributed by atoms with E-state index in [0.717, 1.165) is 19.3 Å². The third-order valence-electron chi connectivity index (χ3n) is 13.2. The van der Waals surface area contributed by atoms with Gasteiger partial charge in [0.05, 0.1) is 37.6 Å². The van der Waals surface area contributed by atoms with Gasteiger partial charge in [-0.25, -0.2) is 0 Å². The molecule has 22 heteroatoms. The highest BCUT2D eigenvalue weighted by Crippen LogP contribution is 2.39. The van der Waals surface area contributed by atoms with Crippen molar-refractivity contribution in [2.75, 3.05) is 19.8 Å². The Kier molecular flexibility index (Phi) is 27.6. The lowest BCUT2D eigenvalue weighted by atomic mass is 9.84. The lowest BCUT2D eigenvalue weighted by Gasteiger charge is -2.48. The van der Waals surface area contributed by atoms with Crippen LogP contribution in [0.25, 0.3) is 0 Å². The van der Waals surface area contributed by atoms with Crippen molar-refractivity contribution in [2.24, 2.45) is 35.5 Å².